The predicted molar refractivity (Wildman–Crippen MR) is 232 cm³/mol. The number of H-pyrrole nitrogens is 2. The number of benzene rings is 2. The molecule has 4 aromatic heterocycles. The Morgan fingerprint density at radius 1 is 0.730 bits per heavy atom. The minimum absolute atomic E-state index is 0.102. The molecule has 2 aromatic carbocycles. The second-order valence-electron chi connectivity index (χ2n) is 17.0. The summed E-state index contributed by atoms with van der Waals surface area (Å²) in [5.41, 5.74) is 3.66. The number of nitriles is 2. The molecule has 4 unspecified atom stereocenters. The van der Waals surface area contributed by atoms with Crippen LogP contribution >= 0.6 is 0 Å². The van der Waals surface area contributed by atoms with Crippen LogP contribution in [0.5, 0.6) is 0 Å². The Hall–Kier alpha value is -6.37. The van der Waals surface area contributed by atoms with Gasteiger partial charge in [-0.05, 0) is 73.9 Å². The summed E-state index contributed by atoms with van der Waals surface area (Å²) in [6.45, 7) is 11.7. The zero-order valence-electron chi connectivity index (χ0n) is 35.6. The van der Waals surface area contributed by atoms with Crippen LogP contribution in [0.3, 0.4) is 0 Å². The van der Waals surface area contributed by atoms with Crippen molar-refractivity contribution in [2.45, 2.75) is 69.7 Å². The van der Waals surface area contributed by atoms with E-state index in [0.29, 0.717) is 45.5 Å². The maximum atomic E-state index is 12.8. The molecule has 4 atom stereocenters. The zero-order chi connectivity index (χ0) is 43.9. The number of rotatable bonds is 7. The van der Waals surface area contributed by atoms with Crippen molar-refractivity contribution in [1.29, 1.82) is 10.5 Å². The fourth-order valence-electron chi connectivity index (χ4n) is 9.08. The molecule has 17 heteroatoms. The lowest BCUT2D eigenvalue weighted by Crippen LogP contribution is -2.24. The molecule has 17 nitrogen and oxygen atoms in total. The number of likely N-dealkylation sites (tertiary alicyclic amines) is 1. The van der Waals surface area contributed by atoms with Gasteiger partial charge in [0.15, 0.2) is 11.0 Å². The summed E-state index contributed by atoms with van der Waals surface area (Å²) in [5, 5.41) is 30.5. The van der Waals surface area contributed by atoms with Gasteiger partial charge in [-0.2, -0.15) is 20.7 Å². The summed E-state index contributed by atoms with van der Waals surface area (Å²) in [6, 6.07) is 18.4. The second-order valence-corrected chi connectivity index (χ2v) is 17.0. The van der Waals surface area contributed by atoms with Crippen LogP contribution in [0.4, 0.5) is 0 Å². The summed E-state index contributed by atoms with van der Waals surface area (Å²) in [7, 11) is 0. The first-order valence-electron chi connectivity index (χ1n) is 21.7. The molecule has 0 saturated carbocycles. The third-order valence-electron chi connectivity index (χ3n) is 12.6. The van der Waals surface area contributed by atoms with E-state index in [1.165, 1.54) is 0 Å². The third-order valence-corrected chi connectivity index (χ3v) is 12.6. The van der Waals surface area contributed by atoms with E-state index in [0.717, 1.165) is 120 Å². The minimum Gasteiger partial charge on any atom is -0.381 e. The first kappa shape index (κ1) is 43.3. The smallest absolute Gasteiger partial charge is 0.276 e. The normalized spacial score (nSPS) is 21.8. The van der Waals surface area contributed by atoms with Crippen molar-refractivity contribution in [3.05, 3.63) is 127 Å². The van der Waals surface area contributed by atoms with Gasteiger partial charge in [0.1, 0.15) is 29.6 Å². The largest absolute Gasteiger partial charge is 0.381 e. The van der Waals surface area contributed by atoms with Crippen LogP contribution in [-0.2, 0) is 16.0 Å². The fraction of sp³-hybridized carbons (Fsp3) is 0.457. The van der Waals surface area contributed by atoms with E-state index < -0.39 is 0 Å². The van der Waals surface area contributed by atoms with Gasteiger partial charge in [0.2, 0.25) is 0 Å². The quantitative estimate of drug-likeness (QED) is 0.189. The second kappa shape index (κ2) is 19.8. The number of imidazole rings is 2. The maximum Gasteiger partial charge on any atom is 0.276 e. The first-order chi connectivity index (χ1) is 30.7. The van der Waals surface area contributed by atoms with E-state index in [2.05, 4.69) is 56.1 Å². The lowest BCUT2D eigenvalue weighted by atomic mass is 9.97. The summed E-state index contributed by atoms with van der Waals surface area (Å²) >= 11 is 0. The van der Waals surface area contributed by atoms with Crippen molar-refractivity contribution in [2.24, 2.45) is 11.8 Å². The zero-order valence-corrected chi connectivity index (χ0v) is 35.6. The Morgan fingerprint density at radius 2 is 1.29 bits per heavy atom. The number of aldehydes is 1. The molecule has 0 aliphatic carbocycles. The molecule has 326 valence electrons. The van der Waals surface area contributed by atoms with Crippen molar-refractivity contribution in [3.8, 4) is 12.1 Å². The van der Waals surface area contributed by atoms with E-state index in [4.69, 9.17) is 30.2 Å². The highest BCUT2D eigenvalue weighted by Crippen LogP contribution is 2.32. The first-order valence-corrected chi connectivity index (χ1v) is 21.7. The molecule has 4 aliphatic heterocycles. The summed E-state index contributed by atoms with van der Waals surface area (Å²) < 4.78 is 14.4. The SMILES string of the molecule is CC1CN(Cc2cccc(C#N)c2)CC1c1nn2c(C3CCOCC3)ncc2c(=O)[nH]1.CC1CNCC1c1nn2c(C3CCOCC3)ncc2c(=O)[nH]1.N#Cc1cccc(C=O)c1. The van der Waals surface area contributed by atoms with Gasteiger partial charge < -0.3 is 24.8 Å². The number of fused-ring (bicyclic) bond motifs is 2. The molecule has 3 N–H and O–H groups in total. The number of carbonyl (C=O) groups excluding carboxylic acids is 1. The van der Waals surface area contributed by atoms with Crippen LogP contribution in [0.2, 0.25) is 0 Å². The van der Waals surface area contributed by atoms with Crippen molar-refractivity contribution < 1.29 is 14.3 Å². The van der Waals surface area contributed by atoms with Crippen LogP contribution in [0.15, 0.2) is 70.5 Å². The number of hydrogen-bond donors (Lipinski definition) is 3. The van der Waals surface area contributed by atoms with E-state index in [1.807, 2.05) is 24.3 Å². The molecule has 63 heavy (non-hydrogen) atoms. The molecule has 10 rings (SSSR count). The van der Waals surface area contributed by atoms with Crippen LogP contribution in [0, 0.1) is 34.5 Å². The van der Waals surface area contributed by atoms with Gasteiger partial charge in [-0.25, -0.2) is 19.0 Å². The highest BCUT2D eigenvalue weighted by atomic mass is 16.5. The fourth-order valence-corrected chi connectivity index (χ4v) is 9.08. The van der Waals surface area contributed by atoms with Crippen LogP contribution in [0.25, 0.3) is 11.0 Å². The van der Waals surface area contributed by atoms with E-state index >= 15 is 0 Å². The topological polar surface area (TPSA) is 224 Å². The Kier molecular flexibility index (Phi) is 13.6. The molecule has 0 spiro atoms. The average Bonchev–Trinajstić information content (AvgIpc) is 4.14. The van der Waals surface area contributed by atoms with Gasteiger partial charge in [-0.15, -0.1) is 0 Å². The molecule has 8 heterocycles. The van der Waals surface area contributed by atoms with Gasteiger partial charge >= 0.3 is 0 Å². The van der Waals surface area contributed by atoms with Gasteiger partial charge in [-0.3, -0.25) is 19.3 Å². The monoisotopic (exact) mass is 852 g/mol. The lowest BCUT2D eigenvalue weighted by Gasteiger charge is -2.21. The van der Waals surface area contributed by atoms with Crippen molar-refractivity contribution in [3.63, 3.8) is 0 Å². The molecule has 4 fully saturated rings. The molecule has 0 radical (unpaired) electrons. The number of aromatic nitrogens is 8. The van der Waals surface area contributed by atoms with Crippen molar-refractivity contribution >= 4 is 17.3 Å². The van der Waals surface area contributed by atoms with Crippen LogP contribution in [-0.4, -0.2) is 103 Å². The lowest BCUT2D eigenvalue weighted by molar-refractivity contribution is 0.0831. The standard InChI is InChI=1S/C23H26N6O2.C15H21N5O2.C8H5NO/c1-15-12-28(13-17-4-2-3-16(9-17)10-24)14-19(15)21-26-23(30)20-11-25-22(29(20)27-21)18-5-7-31-8-6-18;1-9-6-16-7-11(9)13-18-15(21)12-8-17-14(20(12)19-13)10-2-4-22-5-3-10;9-5-7-2-1-3-8(4-7)6-10/h2-4,9,11,15,18-19H,5-8,12-14H2,1H3,(H,26,27,30);8-11,16H,2-7H2,1H3,(H,18,19,21);1-4,6H. The predicted octanol–water partition coefficient (Wildman–Crippen LogP) is 4.42. The van der Waals surface area contributed by atoms with Gasteiger partial charge in [0.05, 0.1) is 35.7 Å². The van der Waals surface area contributed by atoms with Crippen LogP contribution < -0.4 is 16.4 Å². The van der Waals surface area contributed by atoms with Crippen LogP contribution in [0.1, 0.15) is 114 Å². The number of carbonyl (C=O) groups is 1. The van der Waals surface area contributed by atoms with E-state index in [1.54, 1.807) is 45.7 Å². The van der Waals surface area contributed by atoms with Gasteiger partial charge in [0.25, 0.3) is 11.1 Å². The van der Waals surface area contributed by atoms with Crippen molar-refractivity contribution in [2.75, 3.05) is 52.6 Å². The number of nitrogens with zero attached hydrogens (tertiary/aromatic N) is 9. The molecule has 0 amide bonds. The number of hydrogen-bond acceptors (Lipinski definition) is 13. The molecular formula is C46H52N12O5. The highest BCUT2D eigenvalue weighted by Gasteiger charge is 2.34. The number of ether oxygens (including phenoxy) is 2. The summed E-state index contributed by atoms with van der Waals surface area (Å²) in [6.07, 6.45) is 7.66. The molecule has 6 aromatic rings. The van der Waals surface area contributed by atoms with Crippen molar-refractivity contribution in [1.82, 2.24) is 49.4 Å². The Morgan fingerprint density at radius 3 is 1.83 bits per heavy atom. The highest BCUT2D eigenvalue weighted by molar-refractivity contribution is 5.75. The molecular weight excluding hydrogens is 801 g/mol. The molecule has 4 aliphatic rings. The third kappa shape index (κ3) is 9.82. The Labute approximate surface area is 364 Å². The summed E-state index contributed by atoms with van der Waals surface area (Å²) in [4.78, 5) is 52.6. The van der Waals surface area contributed by atoms with Gasteiger partial charge in [-0.1, -0.05) is 38.1 Å². The van der Waals surface area contributed by atoms with E-state index in [-0.39, 0.29) is 28.9 Å². The van der Waals surface area contributed by atoms with Gasteiger partial charge in [0, 0.05) is 81.8 Å². The Bertz CT molecular complexity index is 2750. The average molecular weight is 853 g/mol. The number of nitrogens with one attached hydrogen (secondary N) is 3. The maximum absolute atomic E-state index is 12.8. The number of aromatic amines is 2. The Balaban J connectivity index is 0.000000147. The summed E-state index contributed by atoms with van der Waals surface area (Å²) in [5.74, 6) is 5.05. The van der Waals surface area contributed by atoms with E-state index in [9.17, 15) is 14.4 Å². The molecule has 4 saturated heterocycles. The molecule has 0 bridgehead atoms. The minimum atomic E-state index is -0.136.